The Morgan fingerprint density at radius 3 is 0.834 bits per heavy atom. The van der Waals surface area contributed by atoms with Crippen LogP contribution in [-0.2, 0) is 0 Å². The van der Waals surface area contributed by atoms with Gasteiger partial charge in [0, 0.05) is 147 Å². The van der Waals surface area contributed by atoms with Crippen molar-refractivity contribution < 1.29 is 0 Å². The molecular weight excluding hydrogens is 1850 g/mol. The average Bonchev–Trinajstić information content (AvgIpc) is 0.978. The molecule has 12 nitrogen and oxygen atoms in total. The Morgan fingerprint density at radius 1 is 0.145 bits per heavy atom. The summed E-state index contributed by atoms with van der Waals surface area (Å²) in [6, 6.07) is 160. The minimum Gasteiger partial charge on any atom is -0.278 e. The van der Waals surface area contributed by atoms with Crippen molar-refractivity contribution in [3.63, 3.8) is 0 Å². The van der Waals surface area contributed by atoms with Crippen LogP contribution in [0.5, 0.6) is 0 Å². The third kappa shape index (κ3) is 13.6. The summed E-state index contributed by atoms with van der Waals surface area (Å²) in [5, 5.41) is 24.2. The van der Waals surface area contributed by atoms with E-state index in [-0.39, 0.29) is 0 Å². The number of rotatable bonds is 9. The molecule has 32 rings (SSSR count). The lowest BCUT2D eigenvalue weighted by Gasteiger charge is -2.32. The van der Waals surface area contributed by atoms with E-state index in [2.05, 4.69) is 427 Å². The fourth-order valence-corrected chi connectivity index (χ4v) is 26.5. The van der Waals surface area contributed by atoms with Crippen LogP contribution in [0.25, 0.3) is 247 Å². The van der Waals surface area contributed by atoms with E-state index in [9.17, 15) is 0 Å². The lowest BCUT2D eigenvalue weighted by molar-refractivity contribution is 1.02. The quantitative estimate of drug-likeness (QED) is 0.137. The van der Waals surface area contributed by atoms with Crippen molar-refractivity contribution in [2.45, 2.75) is 0 Å². The molecule has 0 spiro atoms. The molecule has 0 aliphatic carbocycles. The molecule has 29 aromatic rings. The highest BCUT2D eigenvalue weighted by Crippen LogP contribution is 2.57. The van der Waals surface area contributed by atoms with Gasteiger partial charge >= 0.3 is 0 Å². The second-order valence-corrected chi connectivity index (χ2v) is 41.3. The van der Waals surface area contributed by atoms with E-state index >= 15 is 0 Å². The summed E-state index contributed by atoms with van der Waals surface area (Å²) in [6.07, 6.45) is 0. The topological polar surface area (TPSA) is 126 Å². The number of nitrogens with zero attached hydrogens (tertiary/aromatic N) is 12. The number of anilines is 9. The molecule has 0 atom stereocenters. The third-order valence-electron chi connectivity index (χ3n) is 28.6. The summed E-state index contributed by atoms with van der Waals surface area (Å²) in [7, 11) is 0. The molecule has 0 unspecified atom stereocenters. The fourth-order valence-electron chi connectivity index (χ4n) is 22.0. The van der Waals surface area contributed by atoms with Crippen molar-refractivity contribution in [2.24, 2.45) is 0 Å². The van der Waals surface area contributed by atoms with Crippen LogP contribution in [-0.4, -0.2) is 44.9 Å². The molecule has 7 aromatic heterocycles. The highest BCUT2D eigenvalue weighted by molar-refractivity contribution is 7.27. The Labute approximate surface area is 846 Å². The molecular formula is C129H74N12S4. The van der Waals surface area contributed by atoms with Crippen molar-refractivity contribution >= 4 is 243 Å². The van der Waals surface area contributed by atoms with Gasteiger partial charge in [0.15, 0.2) is 34.9 Å². The summed E-state index contributed by atoms with van der Waals surface area (Å²) in [4.78, 5) is 54.0. The molecule has 3 aliphatic heterocycles. The van der Waals surface area contributed by atoms with Gasteiger partial charge in [-0.05, 0) is 193 Å². The number of fused-ring (bicyclic) bond motifs is 21. The van der Waals surface area contributed by atoms with Crippen LogP contribution in [0.2, 0.25) is 0 Å². The molecule has 674 valence electrons. The summed E-state index contributed by atoms with van der Waals surface area (Å²) < 4.78 is 9.97. The van der Waals surface area contributed by atoms with Gasteiger partial charge in [0.05, 0.1) is 34.1 Å². The normalized spacial score (nSPS) is 12.4. The van der Waals surface area contributed by atoms with E-state index in [1.165, 1.54) is 162 Å². The van der Waals surface area contributed by atoms with E-state index in [0.29, 0.717) is 52.8 Å². The van der Waals surface area contributed by atoms with Crippen molar-refractivity contribution in [3.05, 3.63) is 449 Å². The molecule has 0 saturated heterocycles. The SMILES string of the molecule is c1ccc(-c2nc(-c3ccc4c(c3)sc3ccccc34)nc(N3c4cc5ccccc5cc4-c4cccc5cccc3c45)n2)cc1.c1ccc(-c2nc(-c3cccc4c3sc3ccccc34)nc(N3c4cc5ccccc5cc4-c4cccc5cccc3c45)n2)cc1.c1ccc2cc3c(cc2c1)-c1cccc2cccc(c12)N3c1nc(-c2ccc3sc4ccccc4c3c2)nc(-c2ccc3sc4ccccc4c3c2)n1. The van der Waals surface area contributed by atoms with Crippen molar-refractivity contribution in [1.82, 2.24) is 44.9 Å². The zero-order valence-corrected chi connectivity index (χ0v) is 80.5. The van der Waals surface area contributed by atoms with Crippen molar-refractivity contribution in [2.75, 3.05) is 14.7 Å². The first-order valence-electron chi connectivity index (χ1n) is 48.4. The molecule has 10 heterocycles. The van der Waals surface area contributed by atoms with Crippen LogP contribution < -0.4 is 14.7 Å². The van der Waals surface area contributed by atoms with E-state index in [1.807, 2.05) is 59.1 Å². The van der Waals surface area contributed by atoms with Gasteiger partial charge in [-0.3, -0.25) is 14.7 Å². The second-order valence-electron chi connectivity index (χ2n) is 37.0. The van der Waals surface area contributed by atoms with Crippen LogP contribution in [0, 0.1) is 0 Å². The van der Waals surface area contributed by atoms with Crippen LogP contribution in [0.15, 0.2) is 449 Å². The third-order valence-corrected chi connectivity index (χ3v) is 33.3. The van der Waals surface area contributed by atoms with Crippen LogP contribution in [0.1, 0.15) is 0 Å². The Kier molecular flexibility index (Phi) is 18.9. The molecule has 0 bridgehead atoms. The Balaban J connectivity index is 0.000000101. The number of hydrogen-bond donors (Lipinski definition) is 0. The minimum atomic E-state index is 0.592. The number of thiophene rings is 4. The molecule has 22 aromatic carbocycles. The van der Waals surface area contributed by atoms with E-state index in [4.69, 9.17) is 44.9 Å². The maximum atomic E-state index is 5.37. The van der Waals surface area contributed by atoms with Crippen LogP contribution in [0.3, 0.4) is 0 Å². The lowest BCUT2D eigenvalue weighted by Crippen LogP contribution is -2.19. The zero-order valence-electron chi connectivity index (χ0n) is 77.2. The van der Waals surface area contributed by atoms with Gasteiger partial charge < -0.3 is 0 Å². The molecule has 0 saturated carbocycles. The Hall–Kier alpha value is -18.3. The first-order valence-corrected chi connectivity index (χ1v) is 51.7. The first kappa shape index (κ1) is 82.6. The molecule has 3 aliphatic rings. The monoisotopic (exact) mass is 1920 g/mol. The zero-order chi connectivity index (χ0) is 95.0. The van der Waals surface area contributed by atoms with Gasteiger partial charge in [-0.1, -0.05) is 322 Å². The van der Waals surface area contributed by atoms with Crippen molar-refractivity contribution in [1.29, 1.82) is 0 Å². The fraction of sp³-hybridized carbons (Fsp3) is 0. The predicted molar refractivity (Wildman–Crippen MR) is 610 cm³/mol. The standard InChI is InChI=1S/C47H26N4S2.2C41H24N4S/c1-2-10-29-26-39-35(23-28(29)9-1)34-15-7-11-27-12-8-16-38(44(27)34)51(39)47-49-45(30-19-21-42-36(24-30)32-13-3-5-17-40(32)52-42)48-46(50-47)31-20-22-43-37(25-31)33-14-4-6-18-41(33)53-43;1-2-11-26(12-3-1)39-42-40(32-20-10-19-31-29-17-6-7-22-36(29)46-38(31)32)44-41(43-39)45-34-21-9-16-25-15-8-18-30(37(25)34)33-23-27-13-4-5-14-28(27)24-35(33)45;1-2-10-26(11-3-1)39-42-40(29-20-21-31-30-16-6-7-19-36(30)46-37(31)24-29)44-41(43-39)45-34-18-9-15-25-14-8-17-32(38(25)34)33-22-27-12-4-5-13-28(27)23-35(33)45/h1-26H;2*1-24H. The molecule has 0 amide bonds. The van der Waals surface area contributed by atoms with Gasteiger partial charge in [0.1, 0.15) is 0 Å². The molecule has 0 radical (unpaired) electrons. The van der Waals surface area contributed by atoms with E-state index in [1.54, 1.807) is 22.7 Å². The summed E-state index contributed by atoms with van der Waals surface area (Å²) in [5.41, 5.74) is 19.3. The minimum absolute atomic E-state index is 0.592. The lowest BCUT2D eigenvalue weighted by atomic mass is 9.90. The van der Waals surface area contributed by atoms with Gasteiger partial charge in [-0.15, -0.1) is 45.3 Å². The van der Waals surface area contributed by atoms with Crippen LogP contribution in [0.4, 0.5) is 52.0 Å². The van der Waals surface area contributed by atoms with Gasteiger partial charge in [-0.2, -0.15) is 29.9 Å². The first-order chi connectivity index (χ1) is 71.8. The summed E-state index contributed by atoms with van der Waals surface area (Å²) >= 11 is 7.23. The molecule has 145 heavy (non-hydrogen) atoms. The summed E-state index contributed by atoms with van der Waals surface area (Å²) in [6.45, 7) is 0. The van der Waals surface area contributed by atoms with Crippen LogP contribution >= 0.6 is 45.3 Å². The van der Waals surface area contributed by atoms with Gasteiger partial charge in [0.25, 0.3) is 0 Å². The second kappa shape index (κ2) is 33.2. The van der Waals surface area contributed by atoms with E-state index in [0.717, 1.165) is 84.2 Å². The average molecular weight is 1920 g/mol. The molecule has 0 fully saturated rings. The van der Waals surface area contributed by atoms with Gasteiger partial charge in [0.2, 0.25) is 17.8 Å². The predicted octanol–water partition coefficient (Wildman–Crippen LogP) is 36.4. The van der Waals surface area contributed by atoms with E-state index < -0.39 is 0 Å². The Morgan fingerprint density at radius 2 is 0.421 bits per heavy atom. The molecule has 16 heteroatoms. The number of hydrogen-bond acceptors (Lipinski definition) is 16. The smallest absolute Gasteiger partial charge is 0.238 e. The molecule has 0 N–H and O–H groups in total. The van der Waals surface area contributed by atoms with Gasteiger partial charge in [-0.25, -0.2) is 15.0 Å². The largest absolute Gasteiger partial charge is 0.278 e. The maximum absolute atomic E-state index is 5.37. The maximum Gasteiger partial charge on any atom is 0.238 e. The van der Waals surface area contributed by atoms with Crippen molar-refractivity contribution in [3.8, 4) is 102 Å². The highest BCUT2D eigenvalue weighted by Gasteiger charge is 2.35. The highest BCUT2D eigenvalue weighted by atomic mass is 32.1. The summed E-state index contributed by atoms with van der Waals surface area (Å²) in [5.74, 6) is 5.67. The Bertz CT molecular complexity index is 10400. The number of benzene rings is 22. The number of aromatic nitrogens is 9.